The first kappa shape index (κ1) is 15.0. The molecule has 1 amide bonds. The number of nitrogens with zero attached hydrogens (tertiary/aromatic N) is 1. The Kier molecular flexibility index (Phi) is 4.30. The van der Waals surface area contributed by atoms with E-state index >= 15 is 0 Å². The molecule has 8 heteroatoms. The van der Waals surface area contributed by atoms with Crippen LogP contribution in [0.5, 0.6) is 0 Å². The third-order valence-corrected chi connectivity index (χ3v) is 6.90. The molecule has 21 heavy (non-hydrogen) atoms. The van der Waals surface area contributed by atoms with Crippen molar-refractivity contribution in [2.24, 2.45) is 0 Å². The topological polar surface area (TPSA) is 78.5 Å². The Hall–Kier alpha value is -0.960. The van der Waals surface area contributed by atoms with Crippen molar-refractivity contribution in [1.82, 2.24) is 14.9 Å². The van der Waals surface area contributed by atoms with Crippen molar-refractivity contribution in [3.63, 3.8) is 0 Å². The lowest BCUT2D eigenvalue weighted by molar-refractivity contribution is 0.0941. The second-order valence-corrected chi connectivity index (χ2v) is 8.21. The van der Waals surface area contributed by atoms with E-state index < -0.39 is 10.0 Å². The second-order valence-electron chi connectivity index (χ2n) is 5.39. The molecule has 1 aromatic heterocycles. The van der Waals surface area contributed by atoms with Crippen molar-refractivity contribution in [2.75, 3.05) is 26.2 Å². The van der Waals surface area contributed by atoms with Gasteiger partial charge in [0.05, 0.1) is 0 Å². The summed E-state index contributed by atoms with van der Waals surface area (Å²) in [6.45, 7) is 2.72. The molecule has 2 saturated heterocycles. The fraction of sp³-hybridized carbons (Fsp3) is 0.615. The van der Waals surface area contributed by atoms with Gasteiger partial charge >= 0.3 is 0 Å². The van der Waals surface area contributed by atoms with Crippen molar-refractivity contribution in [3.8, 4) is 0 Å². The summed E-state index contributed by atoms with van der Waals surface area (Å²) in [4.78, 5) is 12.8. The van der Waals surface area contributed by atoms with Gasteiger partial charge in [0.15, 0.2) is 0 Å². The predicted molar refractivity (Wildman–Crippen MR) is 81.1 cm³/mol. The average molecular weight is 329 g/mol. The smallest absolute Gasteiger partial charge is 0.263 e. The highest BCUT2D eigenvalue weighted by molar-refractivity contribution is 7.89. The molecule has 1 unspecified atom stereocenters. The number of sulfonamides is 1. The molecule has 1 atom stereocenters. The van der Waals surface area contributed by atoms with Gasteiger partial charge in [-0.15, -0.1) is 11.3 Å². The minimum Gasteiger partial charge on any atom is -0.347 e. The summed E-state index contributed by atoms with van der Waals surface area (Å²) in [6, 6.07) is 1.63. The van der Waals surface area contributed by atoms with Gasteiger partial charge in [-0.3, -0.25) is 4.79 Å². The molecule has 0 spiro atoms. The zero-order valence-electron chi connectivity index (χ0n) is 11.7. The molecule has 2 fully saturated rings. The Morgan fingerprint density at radius 2 is 2.14 bits per heavy atom. The first-order valence-electron chi connectivity index (χ1n) is 7.18. The molecule has 2 aliphatic heterocycles. The van der Waals surface area contributed by atoms with E-state index in [1.165, 1.54) is 15.6 Å². The lowest BCUT2D eigenvalue weighted by atomic mass is 10.2. The minimum absolute atomic E-state index is 0.0851. The molecule has 0 aromatic carbocycles. The first-order chi connectivity index (χ1) is 10.1. The number of hydrogen-bond donors (Lipinski definition) is 2. The molecular weight excluding hydrogens is 310 g/mol. The molecule has 0 saturated carbocycles. The maximum absolute atomic E-state index is 12.6. The first-order valence-corrected chi connectivity index (χ1v) is 9.50. The van der Waals surface area contributed by atoms with E-state index in [1.54, 1.807) is 11.4 Å². The Labute approximate surface area is 128 Å². The monoisotopic (exact) mass is 329 g/mol. The van der Waals surface area contributed by atoms with Gasteiger partial charge in [-0.2, -0.15) is 4.31 Å². The van der Waals surface area contributed by atoms with Crippen molar-refractivity contribution in [2.45, 2.75) is 30.2 Å². The van der Waals surface area contributed by atoms with E-state index in [0.717, 1.165) is 32.4 Å². The number of thiophene rings is 1. The third-order valence-electron chi connectivity index (χ3n) is 3.91. The number of nitrogens with one attached hydrogen (secondary N) is 2. The van der Waals surface area contributed by atoms with E-state index in [9.17, 15) is 13.2 Å². The molecule has 0 radical (unpaired) electrons. The van der Waals surface area contributed by atoms with Crippen LogP contribution in [0.1, 0.15) is 28.9 Å². The van der Waals surface area contributed by atoms with Crippen LogP contribution in [0.15, 0.2) is 16.3 Å². The predicted octanol–water partition coefficient (Wildman–Crippen LogP) is 0.624. The average Bonchev–Trinajstić information content (AvgIpc) is 3.20. The van der Waals surface area contributed by atoms with Gasteiger partial charge in [0.1, 0.15) is 9.77 Å². The van der Waals surface area contributed by atoms with Gasteiger partial charge in [-0.05, 0) is 37.3 Å². The fourth-order valence-corrected chi connectivity index (χ4v) is 5.58. The summed E-state index contributed by atoms with van der Waals surface area (Å²) in [7, 11) is -3.54. The van der Waals surface area contributed by atoms with Crippen LogP contribution in [0.2, 0.25) is 0 Å². The lowest BCUT2D eigenvalue weighted by Crippen LogP contribution is -2.37. The van der Waals surface area contributed by atoms with Crippen molar-refractivity contribution in [1.29, 1.82) is 0 Å². The SMILES string of the molecule is O=C(NC1CCNC1)c1sccc1S(=O)(=O)N1CCCC1. The molecule has 6 nitrogen and oxygen atoms in total. The van der Waals surface area contributed by atoms with Crippen LogP contribution in [-0.4, -0.2) is 50.9 Å². The van der Waals surface area contributed by atoms with Gasteiger partial charge in [0.25, 0.3) is 5.91 Å². The quantitative estimate of drug-likeness (QED) is 0.849. The van der Waals surface area contributed by atoms with Gasteiger partial charge in [0, 0.05) is 25.7 Å². The van der Waals surface area contributed by atoms with Gasteiger partial charge in [-0.25, -0.2) is 8.42 Å². The third kappa shape index (κ3) is 2.98. The van der Waals surface area contributed by atoms with Crippen LogP contribution in [0.25, 0.3) is 0 Å². The van der Waals surface area contributed by atoms with Crippen LogP contribution < -0.4 is 10.6 Å². The van der Waals surface area contributed by atoms with E-state index in [-0.39, 0.29) is 16.8 Å². The van der Waals surface area contributed by atoms with Crippen LogP contribution in [0.4, 0.5) is 0 Å². The van der Waals surface area contributed by atoms with Crippen molar-refractivity contribution in [3.05, 3.63) is 16.3 Å². The molecule has 1 aromatic rings. The molecule has 3 rings (SSSR count). The van der Waals surface area contributed by atoms with E-state index in [2.05, 4.69) is 10.6 Å². The summed E-state index contributed by atoms with van der Waals surface area (Å²) in [6.07, 6.45) is 2.66. The number of rotatable bonds is 4. The number of amides is 1. The van der Waals surface area contributed by atoms with Crippen LogP contribution >= 0.6 is 11.3 Å². The van der Waals surface area contributed by atoms with Crippen LogP contribution in [-0.2, 0) is 10.0 Å². The fourth-order valence-electron chi connectivity index (χ4n) is 2.76. The van der Waals surface area contributed by atoms with E-state index in [4.69, 9.17) is 0 Å². The summed E-state index contributed by atoms with van der Waals surface area (Å²) >= 11 is 1.19. The zero-order valence-corrected chi connectivity index (χ0v) is 13.3. The largest absolute Gasteiger partial charge is 0.347 e. The zero-order chi connectivity index (χ0) is 14.9. The summed E-state index contributed by atoms with van der Waals surface area (Å²) < 4.78 is 26.7. The van der Waals surface area contributed by atoms with E-state index in [1.807, 2.05) is 0 Å². The number of hydrogen-bond acceptors (Lipinski definition) is 5. The Bertz CT molecular complexity index is 614. The van der Waals surface area contributed by atoms with Gasteiger partial charge in [0.2, 0.25) is 10.0 Å². The van der Waals surface area contributed by atoms with Crippen LogP contribution in [0.3, 0.4) is 0 Å². The highest BCUT2D eigenvalue weighted by Crippen LogP contribution is 2.27. The highest BCUT2D eigenvalue weighted by Gasteiger charge is 2.32. The number of carbonyl (C=O) groups excluding carboxylic acids is 1. The minimum atomic E-state index is -3.54. The maximum atomic E-state index is 12.6. The van der Waals surface area contributed by atoms with Crippen molar-refractivity contribution < 1.29 is 13.2 Å². The summed E-state index contributed by atoms with van der Waals surface area (Å²) in [5, 5.41) is 7.76. The van der Waals surface area contributed by atoms with Crippen LogP contribution in [0, 0.1) is 0 Å². The second kappa shape index (κ2) is 6.04. The van der Waals surface area contributed by atoms with Gasteiger partial charge < -0.3 is 10.6 Å². The Morgan fingerprint density at radius 1 is 1.38 bits per heavy atom. The van der Waals surface area contributed by atoms with Gasteiger partial charge in [-0.1, -0.05) is 0 Å². The molecular formula is C13H19N3O3S2. The number of carbonyl (C=O) groups is 1. The summed E-state index contributed by atoms with van der Waals surface area (Å²) in [5.74, 6) is -0.281. The molecule has 2 N–H and O–H groups in total. The highest BCUT2D eigenvalue weighted by atomic mass is 32.2. The standard InChI is InChI=1S/C13H19N3O3S2/c17-13(15-10-3-5-14-9-10)12-11(4-8-20-12)21(18,19)16-6-1-2-7-16/h4,8,10,14H,1-3,5-7,9H2,(H,15,17). The Morgan fingerprint density at radius 3 is 2.81 bits per heavy atom. The summed E-state index contributed by atoms with van der Waals surface area (Å²) in [5.41, 5.74) is 0. The maximum Gasteiger partial charge on any atom is 0.263 e. The molecule has 0 bridgehead atoms. The normalized spacial score (nSPS) is 23.5. The van der Waals surface area contributed by atoms with E-state index in [0.29, 0.717) is 18.0 Å². The Balaban J connectivity index is 1.81. The molecule has 116 valence electrons. The molecule has 0 aliphatic carbocycles. The molecule has 2 aliphatic rings. The van der Waals surface area contributed by atoms with Crippen molar-refractivity contribution >= 4 is 27.3 Å². The molecule has 3 heterocycles. The lowest BCUT2D eigenvalue weighted by Gasteiger charge is -2.16.